The average molecular weight is 325 g/mol. The lowest BCUT2D eigenvalue weighted by atomic mass is 10.2. The van der Waals surface area contributed by atoms with Crippen molar-refractivity contribution in [2.45, 2.75) is 6.92 Å². The van der Waals surface area contributed by atoms with Crippen LogP contribution in [-0.4, -0.2) is 18.5 Å². The lowest BCUT2D eigenvalue weighted by molar-refractivity contribution is -0.119. The summed E-state index contributed by atoms with van der Waals surface area (Å²) in [5, 5.41) is 3.73. The molecule has 3 rings (SSSR count). The largest absolute Gasteiger partial charge is 0.451 e. The highest BCUT2D eigenvalue weighted by Gasteiger charge is 2.13. The van der Waals surface area contributed by atoms with E-state index in [0.717, 1.165) is 21.3 Å². The van der Waals surface area contributed by atoms with E-state index in [4.69, 9.17) is 4.74 Å². The molecule has 0 spiro atoms. The van der Waals surface area contributed by atoms with Gasteiger partial charge in [0.2, 0.25) is 0 Å². The van der Waals surface area contributed by atoms with Crippen molar-refractivity contribution in [1.82, 2.24) is 0 Å². The first-order chi connectivity index (χ1) is 11.1. The smallest absolute Gasteiger partial charge is 0.348 e. The number of rotatable bonds is 4. The van der Waals surface area contributed by atoms with E-state index in [1.807, 2.05) is 49.4 Å². The summed E-state index contributed by atoms with van der Waals surface area (Å²) in [5.41, 5.74) is 1.67. The van der Waals surface area contributed by atoms with Gasteiger partial charge in [-0.2, -0.15) is 0 Å². The molecule has 1 heterocycles. The minimum atomic E-state index is -0.480. The van der Waals surface area contributed by atoms with Crippen LogP contribution in [0.4, 0.5) is 5.69 Å². The SMILES string of the molecule is Cc1ccccc1NC(=O)COC(=O)c1cc2ccccc2s1. The molecular formula is C18H15NO3S. The molecule has 0 bridgehead atoms. The van der Waals surface area contributed by atoms with Crippen molar-refractivity contribution in [2.24, 2.45) is 0 Å². The second kappa shape index (κ2) is 6.62. The number of esters is 1. The fraction of sp³-hybridized carbons (Fsp3) is 0.111. The maximum atomic E-state index is 12.0. The van der Waals surface area contributed by atoms with Crippen molar-refractivity contribution >= 4 is 39.0 Å². The van der Waals surface area contributed by atoms with Gasteiger partial charge in [0, 0.05) is 10.4 Å². The van der Waals surface area contributed by atoms with Gasteiger partial charge in [-0.15, -0.1) is 11.3 Å². The number of amides is 1. The molecular weight excluding hydrogens is 310 g/mol. The number of ether oxygens (including phenoxy) is 1. The number of benzene rings is 2. The fourth-order valence-electron chi connectivity index (χ4n) is 2.18. The summed E-state index contributed by atoms with van der Waals surface area (Å²) in [7, 11) is 0. The lowest BCUT2D eigenvalue weighted by Crippen LogP contribution is -2.21. The normalized spacial score (nSPS) is 10.5. The Morgan fingerprint density at radius 1 is 1.09 bits per heavy atom. The van der Waals surface area contributed by atoms with E-state index in [-0.39, 0.29) is 12.5 Å². The van der Waals surface area contributed by atoms with Gasteiger partial charge < -0.3 is 10.1 Å². The molecule has 0 aliphatic heterocycles. The van der Waals surface area contributed by atoms with Gasteiger partial charge in [0.05, 0.1) is 0 Å². The van der Waals surface area contributed by atoms with E-state index < -0.39 is 5.97 Å². The summed E-state index contributed by atoms with van der Waals surface area (Å²) < 4.78 is 6.11. The summed E-state index contributed by atoms with van der Waals surface area (Å²) in [6.45, 7) is 1.60. The summed E-state index contributed by atoms with van der Waals surface area (Å²) in [6, 6.07) is 16.9. The van der Waals surface area contributed by atoms with E-state index in [1.54, 1.807) is 12.1 Å². The number of carbonyl (C=O) groups excluding carboxylic acids is 2. The van der Waals surface area contributed by atoms with Gasteiger partial charge in [-0.25, -0.2) is 4.79 Å². The van der Waals surface area contributed by atoms with Gasteiger partial charge in [0.15, 0.2) is 6.61 Å². The van der Waals surface area contributed by atoms with E-state index in [2.05, 4.69) is 5.32 Å². The van der Waals surface area contributed by atoms with Crippen LogP contribution in [0.15, 0.2) is 54.6 Å². The molecule has 0 aliphatic rings. The number of aryl methyl sites for hydroxylation is 1. The van der Waals surface area contributed by atoms with Crippen molar-refractivity contribution in [3.63, 3.8) is 0 Å². The molecule has 0 saturated carbocycles. The fourth-order valence-corrected chi connectivity index (χ4v) is 3.14. The van der Waals surface area contributed by atoms with E-state index >= 15 is 0 Å². The number of anilines is 1. The Morgan fingerprint density at radius 3 is 2.61 bits per heavy atom. The third-order valence-corrected chi connectivity index (χ3v) is 4.48. The van der Waals surface area contributed by atoms with E-state index in [0.29, 0.717) is 4.88 Å². The minimum Gasteiger partial charge on any atom is -0.451 e. The minimum absolute atomic E-state index is 0.304. The Kier molecular flexibility index (Phi) is 4.39. The number of hydrogen-bond acceptors (Lipinski definition) is 4. The third kappa shape index (κ3) is 3.57. The van der Waals surface area contributed by atoms with Crippen LogP contribution in [0.1, 0.15) is 15.2 Å². The summed E-state index contributed by atoms with van der Waals surface area (Å²) >= 11 is 1.36. The Balaban J connectivity index is 1.60. The molecule has 2 aromatic carbocycles. The van der Waals surface area contributed by atoms with Gasteiger partial charge in [0.1, 0.15) is 4.88 Å². The van der Waals surface area contributed by atoms with E-state index in [9.17, 15) is 9.59 Å². The number of para-hydroxylation sites is 1. The number of carbonyl (C=O) groups is 2. The molecule has 0 aliphatic carbocycles. The Morgan fingerprint density at radius 2 is 1.83 bits per heavy atom. The topological polar surface area (TPSA) is 55.4 Å². The van der Waals surface area contributed by atoms with Crippen molar-refractivity contribution in [1.29, 1.82) is 0 Å². The van der Waals surface area contributed by atoms with E-state index in [1.165, 1.54) is 11.3 Å². The monoisotopic (exact) mass is 325 g/mol. The Bertz CT molecular complexity index is 836. The van der Waals surface area contributed by atoms with Crippen LogP contribution in [0.2, 0.25) is 0 Å². The van der Waals surface area contributed by atoms with Gasteiger partial charge in [0.25, 0.3) is 5.91 Å². The summed E-state index contributed by atoms with van der Waals surface area (Å²) in [5.74, 6) is -0.833. The first-order valence-electron chi connectivity index (χ1n) is 7.14. The number of fused-ring (bicyclic) bond motifs is 1. The van der Waals surface area contributed by atoms with Gasteiger partial charge in [-0.05, 0) is 36.1 Å². The molecule has 1 amide bonds. The quantitative estimate of drug-likeness (QED) is 0.738. The summed E-state index contributed by atoms with van der Waals surface area (Å²) in [4.78, 5) is 24.4. The van der Waals surface area contributed by atoms with Gasteiger partial charge in [-0.1, -0.05) is 36.4 Å². The molecule has 5 heteroatoms. The molecule has 1 N–H and O–H groups in total. The maximum absolute atomic E-state index is 12.0. The molecule has 0 radical (unpaired) electrons. The first-order valence-corrected chi connectivity index (χ1v) is 7.96. The molecule has 116 valence electrons. The van der Waals surface area contributed by atoms with Crippen LogP contribution in [0.3, 0.4) is 0 Å². The third-order valence-electron chi connectivity index (χ3n) is 3.38. The van der Waals surface area contributed by atoms with Gasteiger partial charge in [-0.3, -0.25) is 4.79 Å². The Hall–Kier alpha value is -2.66. The molecule has 0 saturated heterocycles. The van der Waals surface area contributed by atoms with Crippen LogP contribution in [0.25, 0.3) is 10.1 Å². The van der Waals surface area contributed by atoms with Crippen molar-refractivity contribution in [2.75, 3.05) is 11.9 Å². The molecule has 1 aromatic heterocycles. The zero-order valence-electron chi connectivity index (χ0n) is 12.5. The van der Waals surface area contributed by atoms with Crippen LogP contribution < -0.4 is 5.32 Å². The molecule has 3 aromatic rings. The highest BCUT2D eigenvalue weighted by atomic mass is 32.1. The highest BCUT2D eigenvalue weighted by Crippen LogP contribution is 2.25. The predicted molar refractivity (Wildman–Crippen MR) is 91.9 cm³/mol. The van der Waals surface area contributed by atoms with Crippen LogP contribution in [0, 0.1) is 6.92 Å². The molecule has 0 unspecified atom stereocenters. The second-order valence-electron chi connectivity index (χ2n) is 5.09. The van der Waals surface area contributed by atoms with Crippen molar-refractivity contribution in [3.8, 4) is 0 Å². The molecule has 0 fully saturated rings. The van der Waals surface area contributed by atoms with Crippen molar-refractivity contribution < 1.29 is 14.3 Å². The van der Waals surface area contributed by atoms with Crippen LogP contribution in [0.5, 0.6) is 0 Å². The highest BCUT2D eigenvalue weighted by molar-refractivity contribution is 7.20. The van der Waals surface area contributed by atoms with Crippen LogP contribution in [-0.2, 0) is 9.53 Å². The number of nitrogens with one attached hydrogen (secondary N) is 1. The Labute approximate surface area is 137 Å². The van der Waals surface area contributed by atoms with Crippen LogP contribution >= 0.6 is 11.3 Å². The predicted octanol–water partition coefficient (Wildman–Crippen LogP) is 4.01. The molecule has 23 heavy (non-hydrogen) atoms. The first kappa shape index (κ1) is 15.2. The standard InChI is InChI=1S/C18H15NO3S/c1-12-6-2-4-8-14(12)19-17(20)11-22-18(21)16-10-13-7-3-5-9-15(13)23-16/h2-10H,11H2,1H3,(H,19,20). The zero-order valence-corrected chi connectivity index (χ0v) is 13.4. The molecule has 0 atom stereocenters. The number of thiophene rings is 1. The van der Waals surface area contributed by atoms with Crippen molar-refractivity contribution in [3.05, 3.63) is 65.0 Å². The lowest BCUT2D eigenvalue weighted by Gasteiger charge is -2.08. The summed E-state index contributed by atoms with van der Waals surface area (Å²) in [6.07, 6.45) is 0. The second-order valence-corrected chi connectivity index (χ2v) is 6.17. The number of hydrogen-bond donors (Lipinski definition) is 1. The maximum Gasteiger partial charge on any atom is 0.348 e. The zero-order chi connectivity index (χ0) is 16.2. The average Bonchev–Trinajstić information content (AvgIpc) is 2.99. The van der Waals surface area contributed by atoms with Gasteiger partial charge >= 0.3 is 5.97 Å². The molecule has 4 nitrogen and oxygen atoms in total.